The van der Waals surface area contributed by atoms with Gasteiger partial charge in [-0.2, -0.15) is 5.26 Å². The van der Waals surface area contributed by atoms with Gasteiger partial charge < -0.3 is 14.7 Å². The normalized spacial score (nSPS) is 21.7. The monoisotopic (exact) mass is 357 g/mol. The van der Waals surface area contributed by atoms with E-state index in [0.717, 1.165) is 64.2 Å². The molecule has 1 amide bonds. The van der Waals surface area contributed by atoms with Gasteiger partial charge in [-0.15, -0.1) is 0 Å². The van der Waals surface area contributed by atoms with Gasteiger partial charge in [-0.05, 0) is 25.8 Å². The van der Waals surface area contributed by atoms with Crippen LogP contribution in [-0.2, 0) is 4.79 Å². The fraction of sp³-hybridized carbons (Fsp3) is 0.684. The number of likely N-dealkylation sites (N-methyl/N-ethyl adjacent to an activating group) is 1. The van der Waals surface area contributed by atoms with Crippen LogP contribution in [0.5, 0.6) is 0 Å². The Morgan fingerprint density at radius 2 is 1.88 bits per heavy atom. The Labute approximate surface area is 155 Å². The lowest BCUT2D eigenvalue weighted by Gasteiger charge is -2.41. The topological polar surface area (TPSA) is 77.6 Å². The predicted molar refractivity (Wildman–Crippen MR) is 98.6 cm³/mol. The second-order valence-electron chi connectivity index (χ2n) is 7.52. The second-order valence-corrected chi connectivity index (χ2v) is 7.52. The van der Waals surface area contributed by atoms with Gasteiger partial charge in [-0.25, -0.2) is 9.97 Å². The molecular weight excluding hydrogens is 328 g/mol. The lowest BCUT2D eigenvalue weighted by atomic mass is 9.81. The molecule has 7 nitrogen and oxygen atoms in total. The molecule has 1 aromatic rings. The molecule has 0 bridgehead atoms. The zero-order chi connectivity index (χ0) is 18.6. The number of hydrogen-bond donors (Lipinski definition) is 1. The highest BCUT2D eigenvalue weighted by Crippen LogP contribution is 2.32. The maximum Gasteiger partial charge on any atom is 0.281 e. The van der Waals surface area contributed by atoms with Gasteiger partial charge in [-0.3, -0.25) is 4.79 Å². The number of rotatable bonds is 4. The molecule has 1 aliphatic heterocycles. The molecule has 1 aromatic heterocycles. The number of carbonyl (C=O) groups is 1. The Morgan fingerprint density at radius 1 is 1.27 bits per heavy atom. The van der Waals surface area contributed by atoms with Gasteiger partial charge in [0.2, 0.25) is 5.95 Å². The van der Waals surface area contributed by atoms with E-state index in [4.69, 9.17) is 0 Å². The van der Waals surface area contributed by atoms with E-state index in [1.54, 1.807) is 17.3 Å². The first-order chi connectivity index (χ1) is 12.6. The van der Waals surface area contributed by atoms with Gasteiger partial charge in [0.15, 0.2) is 6.04 Å². The average Bonchev–Trinajstić information content (AvgIpc) is 2.73. The number of amides is 1. The third-order valence-corrected chi connectivity index (χ3v) is 6.08. The summed E-state index contributed by atoms with van der Waals surface area (Å²) < 4.78 is 0. The molecule has 0 spiro atoms. The maximum atomic E-state index is 13.1. The molecule has 1 saturated heterocycles. The minimum absolute atomic E-state index is 0.0906. The van der Waals surface area contributed by atoms with Crippen molar-refractivity contribution in [2.24, 2.45) is 0 Å². The van der Waals surface area contributed by atoms with E-state index < -0.39 is 5.54 Å². The van der Waals surface area contributed by atoms with E-state index in [1.807, 2.05) is 20.0 Å². The highest BCUT2D eigenvalue weighted by molar-refractivity contribution is 5.81. The maximum absolute atomic E-state index is 13.1. The zero-order valence-electron chi connectivity index (χ0n) is 15.8. The lowest BCUT2D eigenvalue weighted by molar-refractivity contribution is -0.915. The lowest BCUT2D eigenvalue weighted by Crippen LogP contribution is -3.19. The zero-order valence-corrected chi connectivity index (χ0v) is 15.8. The quantitative estimate of drug-likeness (QED) is 0.836. The third kappa shape index (κ3) is 3.65. The standard InChI is InChI=1S/C19H28N6O/c1-16(17(26)23(2)19(15-20)7-4-3-5-8-19)24-11-13-25(14-12-24)18-21-9-6-10-22-18/h6,9-10,16H,3-5,7-8,11-14H2,1-2H3/p+1/t16-/m0/s1. The van der Waals surface area contributed by atoms with Crippen molar-refractivity contribution in [3.8, 4) is 6.07 Å². The van der Waals surface area contributed by atoms with Crippen LogP contribution in [0, 0.1) is 11.3 Å². The van der Waals surface area contributed by atoms with Crippen LogP contribution >= 0.6 is 0 Å². The number of nitrogens with one attached hydrogen (secondary N) is 1. The van der Waals surface area contributed by atoms with Crippen molar-refractivity contribution in [1.82, 2.24) is 14.9 Å². The van der Waals surface area contributed by atoms with Crippen LogP contribution < -0.4 is 9.80 Å². The smallest absolute Gasteiger partial charge is 0.281 e. The summed E-state index contributed by atoms with van der Waals surface area (Å²) in [6, 6.07) is 4.14. The van der Waals surface area contributed by atoms with E-state index in [1.165, 1.54) is 4.90 Å². The van der Waals surface area contributed by atoms with Gasteiger partial charge in [0.25, 0.3) is 5.91 Å². The summed E-state index contributed by atoms with van der Waals surface area (Å²) >= 11 is 0. The van der Waals surface area contributed by atoms with E-state index >= 15 is 0 Å². The van der Waals surface area contributed by atoms with Gasteiger partial charge in [0, 0.05) is 19.4 Å². The first kappa shape index (κ1) is 18.6. The first-order valence-electron chi connectivity index (χ1n) is 9.63. The first-order valence-corrected chi connectivity index (χ1v) is 9.63. The molecule has 0 radical (unpaired) electrons. The summed E-state index contributed by atoms with van der Waals surface area (Å²) in [5.41, 5.74) is -0.608. The predicted octanol–water partition coefficient (Wildman–Crippen LogP) is 0.255. The van der Waals surface area contributed by atoms with Crippen molar-refractivity contribution in [2.45, 2.75) is 50.6 Å². The van der Waals surface area contributed by atoms with Gasteiger partial charge in [0.05, 0.1) is 32.2 Å². The van der Waals surface area contributed by atoms with Crippen LogP contribution in [0.15, 0.2) is 18.5 Å². The molecule has 0 aromatic carbocycles. The molecule has 1 atom stereocenters. The highest BCUT2D eigenvalue weighted by Gasteiger charge is 2.42. The van der Waals surface area contributed by atoms with Crippen LogP contribution in [0.1, 0.15) is 39.0 Å². The number of carbonyl (C=O) groups excluding carboxylic acids is 1. The number of aromatic nitrogens is 2. The summed E-state index contributed by atoms with van der Waals surface area (Å²) in [5, 5.41) is 9.74. The van der Waals surface area contributed by atoms with Gasteiger partial charge in [-0.1, -0.05) is 19.3 Å². The van der Waals surface area contributed by atoms with Crippen molar-refractivity contribution in [2.75, 3.05) is 38.1 Å². The number of nitriles is 1. The molecule has 1 aliphatic carbocycles. The molecule has 2 fully saturated rings. The van der Waals surface area contributed by atoms with Crippen LogP contribution in [-0.4, -0.2) is 65.6 Å². The molecule has 1 N–H and O–H groups in total. The number of hydrogen-bond acceptors (Lipinski definition) is 5. The Balaban J connectivity index is 1.60. The Hall–Kier alpha value is -2.20. The summed E-state index contributed by atoms with van der Waals surface area (Å²) in [5.74, 6) is 0.848. The third-order valence-electron chi connectivity index (χ3n) is 6.08. The summed E-state index contributed by atoms with van der Waals surface area (Å²) in [6.07, 6.45) is 8.34. The minimum atomic E-state index is -0.608. The molecule has 7 heteroatoms. The summed E-state index contributed by atoms with van der Waals surface area (Å²) in [6.45, 7) is 5.42. The molecule has 2 heterocycles. The summed E-state index contributed by atoms with van der Waals surface area (Å²) in [4.78, 5) is 26.9. The number of nitrogens with zero attached hydrogens (tertiary/aromatic N) is 5. The van der Waals surface area contributed by atoms with Crippen molar-refractivity contribution in [3.05, 3.63) is 18.5 Å². The number of piperazine rings is 1. The Bertz CT molecular complexity index is 644. The van der Waals surface area contributed by atoms with Crippen LogP contribution in [0.2, 0.25) is 0 Å². The molecule has 140 valence electrons. The second kappa shape index (κ2) is 8.00. The Kier molecular flexibility index (Phi) is 5.72. The summed E-state index contributed by atoms with van der Waals surface area (Å²) in [7, 11) is 1.82. The van der Waals surface area contributed by atoms with Crippen LogP contribution in [0.25, 0.3) is 0 Å². The molecule has 26 heavy (non-hydrogen) atoms. The molecular formula is C19H29N6O+. The molecule has 0 unspecified atom stereocenters. The average molecular weight is 357 g/mol. The minimum Gasteiger partial charge on any atom is -0.330 e. The Morgan fingerprint density at radius 3 is 2.46 bits per heavy atom. The van der Waals surface area contributed by atoms with Crippen molar-refractivity contribution >= 4 is 11.9 Å². The highest BCUT2D eigenvalue weighted by atomic mass is 16.2. The van der Waals surface area contributed by atoms with Crippen molar-refractivity contribution < 1.29 is 9.69 Å². The van der Waals surface area contributed by atoms with Gasteiger partial charge >= 0.3 is 0 Å². The number of quaternary nitrogens is 1. The van der Waals surface area contributed by atoms with Gasteiger partial charge in [0.1, 0.15) is 5.54 Å². The van der Waals surface area contributed by atoms with E-state index in [9.17, 15) is 10.1 Å². The largest absolute Gasteiger partial charge is 0.330 e. The molecule has 1 saturated carbocycles. The fourth-order valence-corrected chi connectivity index (χ4v) is 4.22. The molecule has 2 aliphatic rings. The van der Waals surface area contributed by atoms with E-state index in [0.29, 0.717) is 0 Å². The van der Waals surface area contributed by atoms with E-state index in [2.05, 4.69) is 20.9 Å². The molecule has 3 rings (SSSR count). The van der Waals surface area contributed by atoms with Crippen molar-refractivity contribution in [1.29, 1.82) is 5.26 Å². The SMILES string of the molecule is C[C@@H](C(=O)N(C)C1(C#N)CCCCC1)[NH+]1CCN(c2ncccn2)CC1. The van der Waals surface area contributed by atoms with E-state index in [-0.39, 0.29) is 11.9 Å². The van der Waals surface area contributed by atoms with Crippen LogP contribution in [0.4, 0.5) is 5.95 Å². The fourth-order valence-electron chi connectivity index (χ4n) is 4.22. The van der Waals surface area contributed by atoms with Crippen molar-refractivity contribution in [3.63, 3.8) is 0 Å². The number of anilines is 1. The van der Waals surface area contributed by atoms with Crippen LogP contribution in [0.3, 0.4) is 0 Å².